The summed E-state index contributed by atoms with van der Waals surface area (Å²) >= 11 is 0. The van der Waals surface area contributed by atoms with E-state index in [1.165, 1.54) is 39.1 Å². The molecule has 24 heavy (non-hydrogen) atoms. The van der Waals surface area contributed by atoms with E-state index in [-0.39, 0.29) is 0 Å². The molecule has 3 aromatic rings. The first-order chi connectivity index (χ1) is 11.9. The molecular formula is C23H19N. The van der Waals surface area contributed by atoms with Crippen LogP contribution in [-0.2, 0) is 12.8 Å². The minimum atomic E-state index is 0.383. The molecule has 0 aliphatic heterocycles. The van der Waals surface area contributed by atoms with Gasteiger partial charge < -0.3 is 0 Å². The zero-order chi connectivity index (χ0) is 15.9. The third kappa shape index (κ3) is 2.05. The average molecular weight is 309 g/mol. The number of rotatable bonds is 1. The summed E-state index contributed by atoms with van der Waals surface area (Å²) in [7, 11) is 0. The van der Waals surface area contributed by atoms with Crippen molar-refractivity contribution in [2.75, 3.05) is 0 Å². The van der Waals surface area contributed by atoms with Crippen LogP contribution in [0.3, 0.4) is 0 Å². The van der Waals surface area contributed by atoms with Gasteiger partial charge in [-0.3, -0.25) is 4.98 Å². The van der Waals surface area contributed by atoms with Gasteiger partial charge in [-0.1, -0.05) is 54.6 Å². The Balaban J connectivity index is 1.69. The van der Waals surface area contributed by atoms with Gasteiger partial charge in [0.15, 0.2) is 0 Å². The number of benzene rings is 2. The molecular weight excluding hydrogens is 290 g/mol. The predicted molar refractivity (Wildman–Crippen MR) is 99.0 cm³/mol. The Bertz CT molecular complexity index is 938. The molecule has 1 unspecified atom stereocenters. The maximum atomic E-state index is 4.62. The topological polar surface area (TPSA) is 12.9 Å². The van der Waals surface area contributed by atoms with E-state index in [0.29, 0.717) is 5.92 Å². The minimum absolute atomic E-state index is 0.383. The van der Waals surface area contributed by atoms with Gasteiger partial charge in [0.2, 0.25) is 0 Å². The lowest BCUT2D eigenvalue weighted by Gasteiger charge is -2.28. The highest BCUT2D eigenvalue weighted by atomic mass is 14.7. The van der Waals surface area contributed by atoms with E-state index >= 15 is 0 Å². The molecule has 0 radical (unpaired) electrons. The highest BCUT2D eigenvalue weighted by Crippen LogP contribution is 2.42. The van der Waals surface area contributed by atoms with E-state index in [2.05, 4.69) is 65.7 Å². The number of fused-ring (bicyclic) bond motifs is 5. The maximum Gasteiger partial charge on any atom is 0.0481 e. The molecule has 0 fully saturated rings. The highest BCUT2D eigenvalue weighted by Gasteiger charge is 2.25. The van der Waals surface area contributed by atoms with Crippen LogP contribution >= 0.6 is 0 Å². The molecule has 1 nitrogen and oxygen atoms in total. The zero-order valence-corrected chi connectivity index (χ0v) is 13.6. The Labute approximate surface area is 142 Å². The first-order valence-electron chi connectivity index (χ1n) is 8.73. The number of aromatic nitrogens is 1. The largest absolute Gasteiger partial charge is 0.261 e. The molecule has 5 rings (SSSR count). The van der Waals surface area contributed by atoms with Crippen molar-refractivity contribution in [1.82, 2.24) is 4.98 Å². The second kappa shape index (κ2) is 5.45. The summed E-state index contributed by atoms with van der Waals surface area (Å²) in [6.45, 7) is 0. The molecule has 0 bridgehead atoms. The van der Waals surface area contributed by atoms with Crippen molar-refractivity contribution in [3.63, 3.8) is 0 Å². The monoisotopic (exact) mass is 309 g/mol. The third-order valence-electron chi connectivity index (χ3n) is 5.42. The summed E-state index contributed by atoms with van der Waals surface area (Å²) in [5.74, 6) is 0.383. The van der Waals surface area contributed by atoms with Gasteiger partial charge in [-0.25, -0.2) is 0 Å². The summed E-state index contributed by atoms with van der Waals surface area (Å²) in [6.07, 6.45) is 9.88. The average Bonchev–Trinajstić information content (AvgIpc) is 2.67. The number of allylic oxidation sites excluding steroid dienone is 1. The lowest BCUT2D eigenvalue weighted by Crippen LogP contribution is -2.13. The second-order valence-electron chi connectivity index (χ2n) is 6.70. The van der Waals surface area contributed by atoms with Crippen LogP contribution in [0.4, 0.5) is 0 Å². The van der Waals surface area contributed by atoms with Gasteiger partial charge in [0, 0.05) is 17.8 Å². The Kier molecular flexibility index (Phi) is 3.12. The Morgan fingerprint density at radius 3 is 2.67 bits per heavy atom. The van der Waals surface area contributed by atoms with Crippen LogP contribution in [0.1, 0.15) is 40.3 Å². The number of aryl methyl sites for hydroxylation is 1. The fourth-order valence-electron chi connectivity index (χ4n) is 4.28. The van der Waals surface area contributed by atoms with Gasteiger partial charge >= 0.3 is 0 Å². The number of pyridine rings is 1. The molecule has 2 aliphatic carbocycles. The summed E-state index contributed by atoms with van der Waals surface area (Å²) in [6, 6.07) is 19.7. The molecule has 116 valence electrons. The smallest absolute Gasteiger partial charge is 0.0481 e. The quantitative estimate of drug-likeness (QED) is 0.587. The molecule has 0 saturated heterocycles. The van der Waals surface area contributed by atoms with Crippen LogP contribution in [0.15, 0.2) is 66.9 Å². The van der Waals surface area contributed by atoms with E-state index in [9.17, 15) is 0 Å². The predicted octanol–water partition coefficient (Wildman–Crippen LogP) is 5.40. The standard InChI is InChI=1S/C23H19N/c1-2-7-17-16(6-1)11-12-20-18-8-5-9-22(21(18)14-13-19(17)20)23-10-3-4-15-24-23/h1-8,10,13-15,22H,9,11-12H2. The van der Waals surface area contributed by atoms with Crippen LogP contribution in [-0.4, -0.2) is 4.98 Å². The number of nitrogens with zero attached hydrogens (tertiary/aromatic N) is 1. The van der Waals surface area contributed by atoms with E-state index < -0.39 is 0 Å². The van der Waals surface area contributed by atoms with Crippen molar-refractivity contribution in [2.45, 2.75) is 25.2 Å². The Morgan fingerprint density at radius 2 is 1.75 bits per heavy atom. The van der Waals surface area contributed by atoms with Crippen molar-refractivity contribution in [2.24, 2.45) is 0 Å². The van der Waals surface area contributed by atoms with Crippen LogP contribution < -0.4 is 0 Å². The molecule has 0 spiro atoms. The summed E-state index contributed by atoms with van der Waals surface area (Å²) < 4.78 is 0. The van der Waals surface area contributed by atoms with Crippen molar-refractivity contribution in [1.29, 1.82) is 0 Å². The molecule has 1 aromatic heterocycles. The lowest BCUT2D eigenvalue weighted by molar-refractivity contribution is 0.780. The van der Waals surface area contributed by atoms with Gasteiger partial charge in [-0.05, 0) is 64.8 Å². The Hall–Kier alpha value is -2.67. The van der Waals surface area contributed by atoms with E-state index in [0.717, 1.165) is 19.3 Å². The lowest BCUT2D eigenvalue weighted by atomic mass is 9.76. The van der Waals surface area contributed by atoms with Gasteiger partial charge in [0.05, 0.1) is 0 Å². The molecule has 2 aliphatic rings. The fourth-order valence-corrected chi connectivity index (χ4v) is 4.28. The molecule has 1 atom stereocenters. The van der Waals surface area contributed by atoms with Crippen LogP contribution in [0, 0.1) is 0 Å². The number of hydrogen-bond donors (Lipinski definition) is 0. The molecule has 0 saturated carbocycles. The van der Waals surface area contributed by atoms with Gasteiger partial charge in [-0.15, -0.1) is 0 Å². The molecule has 0 N–H and O–H groups in total. The van der Waals surface area contributed by atoms with Crippen molar-refractivity contribution < 1.29 is 0 Å². The Morgan fingerprint density at radius 1 is 0.833 bits per heavy atom. The summed E-state index contributed by atoms with van der Waals surface area (Å²) in [5.41, 5.74) is 9.88. The summed E-state index contributed by atoms with van der Waals surface area (Å²) in [5, 5.41) is 0. The molecule has 2 aromatic carbocycles. The second-order valence-corrected chi connectivity index (χ2v) is 6.70. The van der Waals surface area contributed by atoms with Crippen LogP contribution in [0.5, 0.6) is 0 Å². The van der Waals surface area contributed by atoms with Gasteiger partial charge in [-0.2, -0.15) is 0 Å². The maximum absolute atomic E-state index is 4.62. The zero-order valence-electron chi connectivity index (χ0n) is 13.6. The van der Waals surface area contributed by atoms with Gasteiger partial charge in [0.25, 0.3) is 0 Å². The van der Waals surface area contributed by atoms with E-state index in [1.54, 1.807) is 0 Å². The first kappa shape index (κ1) is 13.7. The van der Waals surface area contributed by atoms with Crippen molar-refractivity contribution in [3.8, 4) is 11.1 Å². The fraction of sp³-hybridized carbons (Fsp3) is 0.174. The minimum Gasteiger partial charge on any atom is -0.261 e. The van der Waals surface area contributed by atoms with Crippen LogP contribution in [0.2, 0.25) is 0 Å². The van der Waals surface area contributed by atoms with E-state index in [1.807, 2.05) is 12.3 Å². The molecule has 1 heterocycles. The van der Waals surface area contributed by atoms with Crippen molar-refractivity contribution >= 4 is 6.08 Å². The molecule has 0 amide bonds. The van der Waals surface area contributed by atoms with E-state index in [4.69, 9.17) is 0 Å². The van der Waals surface area contributed by atoms with Gasteiger partial charge in [0.1, 0.15) is 0 Å². The summed E-state index contributed by atoms with van der Waals surface area (Å²) in [4.78, 5) is 4.62. The third-order valence-corrected chi connectivity index (χ3v) is 5.42. The van der Waals surface area contributed by atoms with Crippen LogP contribution in [0.25, 0.3) is 17.2 Å². The highest BCUT2D eigenvalue weighted by molar-refractivity contribution is 5.79. The van der Waals surface area contributed by atoms with Crippen molar-refractivity contribution in [3.05, 3.63) is 94.8 Å². The molecule has 1 heteroatoms. The normalized spacial score (nSPS) is 17.8. The SMILES string of the molecule is C1=Cc2c(ccc3c2CCc2ccccc2-3)C(c2ccccn2)C1. The first-order valence-corrected chi connectivity index (χ1v) is 8.73. The number of hydrogen-bond acceptors (Lipinski definition) is 1.